The van der Waals surface area contributed by atoms with E-state index >= 15 is 0 Å². The van der Waals surface area contributed by atoms with Crippen LogP contribution in [0.4, 0.5) is 17.6 Å². The van der Waals surface area contributed by atoms with Gasteiger partial charge in [0.1, 0.15) is 5.82 Å². The average molecular weight is 265 g/mol. The molecule has 2 rings (SSSR count). The summed E-state index contributed by atoms with van der Waals surface area (Å²) in [5.74, 6) is 1.37. The Labute approximate surface area is 106 Å². The van der Waals surface area contributed by atoms with Gasteiger partial charge < -0.3 is 0 Å². The van der Waals surface area contributed by atoms with Crippen LogP contribution in [0.25, 0.3) is 11.3 Å². The summed E-state index contributed by atoms with van der Waals surface area (Å²) in [6, 6.07) is 5.32. The van der Waals surface area contributed by atoms with Gasteiger partial charge >= 0.3 is 6.18 Å². The van der Waals surface area contributed by atoms with Crippen LogP contribution >= 0.6 is 0 Å². The number of pyridine rings is 1. The van der Waals surface area contributed by atoms with Crippen LogP contribution in [0.2, 0.25) is 0 Å². The van der Waals surface area contributed by atoms with E-state index in [1.807, 2.05) is 0 Å². The number of benzene rings is 1. The minimum Gasteiger partial charge on any atom is -0.255 e. The number of terminal acetylenes is 1. The van der Waals surface area contributed by atoms with Crippen LogP contribution in [0.5, 0.6) is 0 Å². The van der Waals surface area contributed by atoms with E-state index in [4.69, 9.17) is 6.42 Å². The molecule has 0 unspecified atom stereocenters. The highest BCUT2D eigenvalue weighted by Gasteiger charge is 2.31. The minimum absolute atomic E-state index is 0.00317. The lowest BCUT2D eigenvalue weighted by Crippen LogP contribution is -2.05. The maximum absolute atomic E-state index is 13.7. The molecule has 1 nitrogen and oxygen atoms in total. The van der Waals surface area contributed by atoms with E-state index in [1.54, 1.807) is 6.07 Å². The number of halogens is 4. The molecule has 0 aliphatic rings. The van der Waals surface area contributed by atoms with Gasteiger partial charge in [0.05, 0.1) is 11.3 Å². The topological polar surface area (TPSA) is 12.9 Å². The summed E-state index contributed by atoms with van der Waals surface area (Å²) < 4.78 is 50.9. The zero-order chi connectivity index (χ0) is 14.0. The molecular formula is C14H7F4N. The second kappa shape index (κ2) is 4.73. The zero-order valence-corrected chi connectivity index (χ0v) is 9.50. The molecule has 1 aromatic heterocycles. The van der Waals surface area contributed by atoms with E-state index in [1.165, 1.54) is 12.3 Å². The second-order valence-corrected chi connectivity index (χ2v) is 3.77. The second-order valence-electron chi connectivity index (χ2n) is 3.77. The number of rotatable bonds is 1. The van der Waals surface area contributed by atoms with E-state index in [2.05, 4.69) is 10.9 Å². The van der Waals surface area contributed by atoms with Crippen LogP contribution in [0.3, 0.4) is 0 Å². The van der Waals surface area contributed by atoms with E-state index < -0.39 is 17.6 Å². The molecule has 0 N–H and O–H groups in total. The van der Waals surface area contributed by atoms with Crippen molar-refractivity contribution in [1.82, 2.24) is 4.98 Å². The molecule has 0 aliphatic carbocycles. The number of hydrogen-bond donors (Lipinski definition) is 0. The smallest absolute Gasteiger partial charge is 0.255 e. The number of hydrogen-bond acceptors (Lipinski definition) is 1. The Morgan fingerprint density at radius 2 is 1.84 bits per heavy atom. The molecule has 1 heterocycles. The fraction of sp³-hybridized carbons (Fsp3) is 0.0714. The quantitative estimate of drug-likeness (QED) is 0.563. The Bertz CT molecular complexity index is 636. The first-order valence-corrected chi connectivity index (χ1v) is 5.21. The van der Waals surface area contributed by atoms with Crippen LogP contribution in [0.1, 0.15) is 11.1 Å². The molecule has 0 saturated heterocycles. The van der Waals surface area contributed by atoms with Gasteiger partial charge in [-0.3, -0.25) is 4.98 Å². The molecule has 2 aromatic rings. The number of nitrogens with zero attached hydrogens (tertiary/aromatic N) is 1. The lowest BCUT2D eigenvalue weighted by molar-refractivity contribution is -0.137. The van der Waals surface area contributed by atoms with Gasteiger partial charge in [-0.15, -0.1) is 6.42 Å². The fourth-order valence-electron chi connectivity index (χ4n) is 1.54. The highest BCUT2D eigenvalue weighted by molar-refractivity contribution is 5.61. The van der Waals surface area contributed by atoms with Gasteiger partial charge in [0.15, 0.2) is 0 Å². The van der Waals surface area contributed by atoms with Crippen molar-refractivity contribution < 1.29 is 17.6 Å². The van der Waals surface area contributed by atoms with Crippen molar-refractivity contribution >= 4 is 0 Å². The number of alkyl halides is 3. The summed E-state index contributed by atoms with van der Waals surface area (Å²) in [7, 11) is 0. The molecule has 1 aromatic carbocycles. The first-order valence-electron chi connectivity index (χ1n) is 5.21. The first kappa shape index (κ1) is 13.1. The normalized spacial score (nSPS) is 11.1. The molecule has 19 heavy (non-hydrogen) atoms. The Hall–Kier alpha value is -2.35. The van der Waals surface area contributed by atoms with Crippen LogP contribution in [0.15, 0.2) is 36.5 Å². The minimum atomic E-state index is -4.57. The van der Waals surface area contributed by atoms with Crippen molar-refractivity contribution in [1.29, 1.82) is 0 Å². The summed E-state index contributed by atoms with van der Waals surface area (Å²) in [4.78, 5) is 3.91. The predicted molar refractivity (Wildman–Crippen MR) is 62.6 cm³/mol. The Balaban J connectivity index is 2.43. The van der Waals surface area contributed by atoms with E-state index in [0.717, 1.165) is 12.1 Å². The summed E-state index contributed by atoms with van der Waals surface area (Å²) in [5.41, 5.74) is -0.299. The summed E-state index contributed by atoms with van der Waals surface area (Å²) >= 11 is 0. The van der Waals surface area contributed by atoms with Crippen LogP contribution in [-0.2, 0) is 6.18 Å². The molecule has 0 saturated carbocycles. The lowest BCUT2D eigenvalue weighted by atomic mass is 10.1. The van der Waals surface area contributed by atoms with Crippen LogP contribution in [0, 0.1) is 18.2 Å². The van der Waals surface area contributed by atoms with E-state index in [0.29, 0.717) is 11.6 Å². The third kappa shape index (κ3) is 2.74. The lowest BCUT2D eigenvalue weighted by Gasteiger charge is -2.08. The monoisotopic (exact) mass is 265 g/mol. The average Bonchev–Trinajstić information content (AvgIpc) is 2.38. The van der Waals surface area contributed by atoms with Crippen LogP contribution < -0.4 is 0 Å². The summed E-state index contributed by atoms with van der Waals surface area (Å²) in [6.45, 7) is 0. The molecular weight excluding hydrogens is 258 g/mol. The molecule has 0 spiro atoms. The van der Waals surface area contributed by atoms with Crippen molar-refractivity contribution in [3.05, 3.63) is 53.5 Å². The molecule has 0 bridgehead atoms. The maximum Gasteiger partial charge on any atom is 0.416 e. The van der Waals surface area contributed by atoms with Gasteiger partial charge in [-0.2, -0.15) is 13.2 Å². The van der Waals surface area contributed by atoms with Gasteiger partial charge in [0, 0.05) is 17.3 Å². The summed E-state index contributed by atoms with van der Waals surface area (Å²) in [5, 5.41) is 0. The summed E-state index contributed by atoms with van der Waals surface area (Å²) in [6.07, 6.45) is 1.93. The van der Waals surface area contributed by atoms with Crippen molar-refractivity contribution in [2.24, 2.45) is 0 Å². The van der Waals surface area contributed by atoms with E-state index in [9.17, 15) is 17.6 Å². The SMILES string of the molecule is C#Cc1ccc(-c2ccc(C(F)(F)F)cc2F)nc1. The highest BCUT2D eigenvalue weighted by Crippen LogP contribution is 2.32. The zero-order valence-electron chi connectivity index (χ0n) is 9.50. The molecule has 5 heteroatoms. The Morgan fingerprint density at radius 3 is 2.32 bits per heavy atom. The number of aromatic nitrogens is 1. The molecule has 0 radical (unpaired) electrons. The van der Waals surface area contributed by atoms with Gasteiger partial charge in [0.25, 0.3) is 0 Å². The van der Waals surface area contributed by atoms with Gasteiger partial charge in [0.2, 0.25) is 0 Å². The van der Waals surface area contributed by atoms with Gasteiger partial charge in [-0.25, -0.2) is 4.39 Å². The third-order valence-corrected chi connectivity index (χ3v) is 2.50. The molecule has 0 atom stereocenters. The third-order valence-electron chi connectivity index (χ3n) is 2.50. The van der Waals surface area contributed by atoms with Gasteiger partial charge in [-0.05, 0) is 30.3 Å². The van der Waals surface area contributed by atoms with Crippen molar-refractivity contribution in [2.75, 3.05) is 0 Å². The highest BCUT2D eigenvalue weighted by atomic mass is 19.4. The van der Waals surface area contributed by atoms with Crippen molar-refractivity contribution in [3.8, 4) is 23.6 Å². The Kier molecular flexibility index (Phi) is 3.26. The van der Waals surface area contributed by atoms with E-state index in [-0.39, 0.29) is 11.3 Å². The molecule has 96 valence electrons. The largest absolute Gasteiger partial charge is 0.416 e. The van der Waals surface area contributed by atoms with Crippen molar-refractivity contribution in [3.63, 3.8) is 0 Å². The fourth-order valence-corrected chi connectivity index (χ4v) is 1.54. The van der Waals surface area contributed by atoms with Crippen molar-refractivity contribution in [2.45, 2.75) is 6.18 Å². The standard InChI is InChI=1S/C14H7F4N/c1-2-9-3-6-13(19-8-9)11-5-4-10(7-12(11)15)14(16,17)18/h1,3-8H. The molecule has 0 amide bonds. The Morgan fingerprint density at radius 1 is 1.11 bits per heavy atom. The first-order chi connectivity index (χ1) is 8.91. The van der Waals surface area contributed by atoms with Gasteiger partial charge in [-0.1, -0.05) is 5.92 Å². The maximum atomic E-state index is 13.7. The molecule has 0 fully saturated rings. The molecule has 0 aliphatic heterocycles. The predicted octanol–water partition coefficient (Wildman–Crippen LogP) is 3.89. The van der Waals surface area contributed by atoms with Crippen LogP contribution in [-0.4, -0.2) is 4.98 Å².